The van der Waals surface area contributed by atoms with Gasteiger partial charge in [-0.3, -0.25) is 0 Å². The third kappa shape index (κ3) is 22.4. The summed E-state index contributed by atoms with van der Waals surface area (Å²) in [6.45, 7) is 7.76. The Morgan fingerprint density at radius 3 is 2.21 bits per heavy atom. The molecule has 0 heterocycles. The lowest BCUT2D eigenvalue weighted by Crippen LogP contribution is -2.04. The predicted octanol–water partition coefficient (Wildman–Crippen LogP) is 0.412. The molecule has 2 N–H and O–H groups in total. The smallest absolute Gasteiger partial charge is 0.327 e. The van der Waals surface area contributed by atoms with Crippen molar-refractivity contribution in [2.45, 2.75) is 0 Å². The highest BCUT2D eigenvalue weighted by Crippen LogP contribution is 1.76. The van der Waals surface area contributed by atoms with E-state index in [1.807, 2.05) is 0 Å². The quantitative estimate of drug-likeness (QED) is 0.357. The Bertz CT molecular complexity index is 155. The zero-order chi connectivity index (χ0) is 11.2. The number of carbonyl (C=O) groups is 1. The van der Waals surface area contributed by atoms with Gasteiger partial charge in [0.25, 0.3) is 0 Å². The largest absolute Gasteiger partial charge is 0.499 e. The van der Waals surface area contributed by atoms with Gasteiger partial charge in [0.1, 0.15) is 6.61 Å². The van der Waals surface area contributed by atoms with Crippen LogP contribution in [0.15, 0.2) is 25.5 Å². The summed E-state index contributed by atoms with van der Waals surface area (Å²) < 4.78 is 9.60. The zero-order valence-electron chi connectivity index (χ0n) is 8.02. The monoisotopic (exact) mass is 204 g/mol. The Balaban J connectivity index is 0. The van der Waals surface area contributed by atoms with Gasteiger partial charge in [-0.25, -0.2) is 4.79 Å². The molecule has 0 aromatic carbocycles. The van der Waals surface area contributed by atoms with Crippen molar-refractivity contribution in [2.75, 3.05) is 26.4 Å². The first-order chi connectivity index (χ1) is 6.68. The molecule has 0 saturated heterocycles. The van der Waals surface area contributed by atoms with Crippen LogP contribution < -0.4 is 0 Å². The number of carboxylic acids is 1. The lowest BCUT2D eigenvalue weighted by Gasteiger charge is -2.00. The molecule has 0 fully saturated rings. The van der Waals surface area contributed by atoms with Crippen LogP contribution in [-0.2, 0) is 14.3 Å². The van der Waals surface area contributed by atoms with E-state index in [0.29, 0.717) is 19.8 Å². The Morgan fingerprint density at radius 1 is 1.29 bits per heavy atom. The predicted molar refractivity (Wildman–Crippen MR) is 51.9 cm³/mol. The zero-order valence-corrected chi connectivity index (χ0v) is 8.02. The number of hydrogen-bond acceptors (Lipinski definition) is 4. The van der Waals surface area contributed by atoms with Crippen LogP contribution >= 0.6 is 0 Å². The van der Waals surface area contributed by atoms with E-state index in [2.05, 4.69) is 13.2 Å². The minimum atomic E-state index is -0.981. The normalized spacial score (nSPS) is 8.07. The van der Waals surface area contributed by atoms with E-state index in [1.165, 1.54) is 6.26 Å². The molecular weight excluding hydrogens is 188 g/mol. The van der Waals surface area contributed by atoms with Gasteiger partial charge in [0.05, 0.1) is 26.1 Å². The van der Waals surface area contributed by atoms with Gasteiger partial charge in [-0.2, -0.15) is 0 Å². The highest BCUT2D eigenvalue weighted by molar-refractivity contribution is 5.78. The van der Waals surface area contributed by atoms with Crippen LogP contribution in [0.25, 0.3) is 0 Å². The fourth-order valence-electron chi connectivity index (χ4n) is 0.357. The Hall–Kier alpha value is -1.33. The molecular formula is C9H16O5. The molecule has 0 aromatic heterocycles. The number of rotatable bonds is 7. The fourth-order valence-corrected chi connectivity index (χ4v) is 0.357. The number of carboxylic acid groups (broad SMARTS) is 1. The van der Waals surface area contributed by atoms with Crippen LogP contribution in [-0.4, -0.2) is 42.6 Å². The van der Waals surface area contributed by atoms with Crippen molar-refractivity contribution in [1.29, 1.82) is 0 Å². The molecule has 0 radical (unpaired) electrons. The van der Waals surface area contributed by atoms with E-state index in [0.717, 1.165) is 6.08 Å². The second-order valence-corrected chi connectivity index (χ2v) is 1.92. The van der Waals surface area contributed by atoms with Crippen LogP contribution in [0.4, 0.5) is 0 Å². The lowest BCUT2D eigenvalue weighted by atomic mass is 10.7. The molecule has 0 atom stereocenters. The molecule has 0 rings (SSSR count). The number of ether oxygens (including phenoxy) is 2. The third-order valence-corrected chi connectivity index (χ3v) is 0.874. The van der Waals surface area contributed by atoms with Crippen molar-refractivity contribution in [3.63, 3.8) is 0 Å². The molecule has 5 heteroatoms. The van der Waals surface area contributed by atoms with Crippen LogP contribution in [0.2, 0.25) is 0 Å². The van der Waals surface area contributed by atoms with Crippen molar-refractivity contribution in [1.82, 2.24) is 0 Å². The molecule has 0 aliphatic rings. The Morgan fingerprint density at radius 2 is 1.86 bits per heavy atom. The van der Waals surface area contributed by atoms with E-state index in [-0.39, 0.29) is 6.61 Å². The summed E-state index contributed by atoms with van der Waals surface area (Å²) in [6.07, 6.45) is 2.20. The van der Waals surface area contributed by atoms with Crippen LogP contribution in [0.5, 0.6) is 0 Å². The SMILES string of the molecule is C=CC(=O)O.C=COCCOCCO. The van der Waals surface area contributed by atoms with Gasteiger partial charge in [0.2, 0.25) is 0 Å². The van der Waals surface area contributed by atoms with Gasteiger partial charge in [-0.1, -0.05) is 13.2 Å². The number of aliphatic carboxylic acids is 1. The van der Waals surface area contributed by atoms with Crippen molar-refractivity contribution in [2.24, 2.45) is 0 Å². The van der Waals surface area contributed by atoms with Gasteiger partial charge < -0.3 is 19.7 Å². The molecule has 0 aliphatic heterocycles. The van der Waals surface area contributed by atoms with E-state index in [9.17, 15) is 4.79 Å². The maximum atomic E-state index is 9.25. The van der Waals surface area contributed by atoms with E-state index in [1.54, 1.807) is 0 Å². The van der Waals surface area contributed by atoms with Crippen LogP contribution in [0.1, 0.15) is 0 Å². The molecule has 14 heavy (non-hydrogen) atoms. The summed E-state index contributed by atoms with van der Waals surface area (Å²) in [5, 5.41) is 15.8. The second kappa shape index (κ2) is 14.2. The molecule has 82 valence electrons. The van der Waals surface area contributed by atoms with Crippen molar-refractivity contribution in [3.05, 3.63) is 25.5 Å². The summed E-state index contributed by atoms with van der Waals surface area (Å²) >= 11 is 0. The van der Waals surface area contributed by atoms with E-state index < -0.39 is 5.97 Å². The highest BCUT2D eigenvalue weighted by Gasteiger charge is 1.83. The minimum Gasteiger partial charge on any atom is -0.499 e. The number of aliphatic hydroxyl groups is 1. The number of aliphatic hydroxyl groups excluding tert-OH is 1. The molecule has 5 nitrogen and oxygen atoms in total. The molecule has 0 saturated carbocycles. The molecule has 0 aromatic rings. The van der Waals surface area contributed by atoms with Crippen molar-refractivity contribution in [3.8, 4) is 0 Å². The standard InChI is InChI=1S/C6H12O3.C3H4O2/c1-2-8-5-6-9-4-3-7;1-2-3(4)5/h2,7H,1,3-6H2;2H,1H2,(H,4,5). The van der Waals surface area contributed by atoms with Crippen LogP contribution in [0.3, 0.4) is 0 Å². The summed E-state index contributed by atoms with van der Waals surface area (Å²) in [6, 6.07) is 0. The van der Waals surface area contributed by atoms with Crippen molar-refractivity contribution >= 4 is 5.97 Å². The van der Waals surface area contributed by atoms with Gasteiger partial charge in [-0.15, -0.1) is 0 Å². The first kappa shape index (κ1) is 15.2. The van der Waals surface area contributed by atoms with Crippen molar-refractivity contribution < 1.29 is 24.5 Å². The average molecular weight is 204 g/mol. The van der Waals surface area contributed by atoms with Gasteiger partial charge in [0, 0.05) is 6.08 Å². The molecule has 0 amide bonds. The van der Waals surface area contributed by atoms with E-state index >= 15 is 0 Å². The Labute approximate surface area is 83.3 Å². The summed E-state index contributed by atoms with van der Waals surface area (Å²) in [7, 11) is 0. The first-order valence-corrected chi connectivity index (χ1v) is 3.95. The fraction of sp³-hybridized carbons (Fsp3) is 0.444. The van der Waals surface area contributed by atoms with Crippen LogP contribution in [0, 0.1) is 0 Å². The molecule has 0 unspecified atom stereocenters. The summed E-state index contributed by atoms with van der Waals surface area (Å²) in [5.41, 5.74) is 0. The topological polar surface area (TPSA) is 76.0 Å². The third-order valence-electron chi connectivity index (χ3n) is 0.874. The van der Waals surface area contributed by atoms with Gasteiger partial charge >= 0.3 is 5.97 Å². The number of hydrogen-bond donors (Lipinski definition) is 2. The Kier molecular flexibility index (Phi) is 15.4. The lowest BCUT2D eigenvalue weighted by molar-refractivity contribution is -0.131. The average Bonchev–Trinajstić information content (AvgIpc) is 2.19. The molecule has 0 aliphatic carbocycles. The maximum Gasteiger partial charge on any atom is 0.327 e. The highest BCUT2D eigenvalue weighted by atomic mass is 16.5. The second-order valence-electron chi connectivity index (χ2n) is 1.92. The summed E-state index contributed by atoms with van der Waals surface area (Å²) in [5.74, 6) is -0.981. The maximum absolute atomic E-state index is 9.25. The summed E-state index contributed by atoms with van der Waals surface area (Å²) in [4.78, 5) is 9.25. The molecule has 0 spiro atoms. The minimum absolute atomic E-state index is 0.0636. The van der Waals surface area contributed by atoms with E-state index in [4.69, 9.17) is 19.7 Å². The molecule has 0 bridgehead atoms. The van der Waals surface area contributed by atoms with Gasteiger partial charge in [-0.05, 0) is 0 Å². The first-order valence-electron chi connectivity index (χ1n) is 3.95. The van der Waals surface area contributed by atoms with Gasteiger partial charge in [0.15, 0.2) is 0 Å².